The van der Waals surface area contributed by atoms with E-state index in [4.69, 9.17) is 0 Å². The van der Waals surface area contributed by atoms with Crippen molar-refractivity contribution in [3.63, 3.8) is 0 Å². The van der Waals surface area contributed by atoms with Gasteiger partial charge in [-0.25, -0.2) is 4.39 Å². The fourth-order valence-corrected chi connectivity index (χ4v) is 3.84. The fourth-order valence-electron chi connectivity index (χ4n) is 2.25. The summed E-state index contributed by atoms with van der Waals surface area (Å²) in [5.74, 6) is 0.769. The Morgan fingerprint density at radius 2 is 2.04 bits per heavy atom. The number of aromatic nitrogens is 3. The Hall–Kier alpha value is -2.19. The molecule has 0 saturated heterocycles. The smallest absolute Gasteiger partial charge is 0.233 e. The number of benzene rings is 1. The molecule has 0 unspecified atom stereocenters. The lowest BCUT2D eigenvalue weighted by molar-refractivity contribution is -0.127. The zero-order chi connectivity index (χ0) is 17.8. The number of halogens is 1. The maximum absolute atomic E-state index is 12.9. The van der Waals surface area contributed by atoms with Crippen LogP contribution in [-0.4, -0.2) is 38.4 Å². The molecule has 0 fully saturated rings. The first kappa shape index (κ1) is 17.6. The Balaban J connectivity index is 1.58. The van der Waals surface area contributed by atoms with Crippen LogP contribution in [0.1, 0.15) is 5.56 Å². The van der Waals surface area contributed by atoms with Crippen LogP contribution in [0.4, 0.5) is 4.39 Å². The molecule has 3 rings (SSSR count). The molecule has 0 N–H and O–H groups in total. The van der Waals surface area contributed by atoms with Crippen molar-refractivity contribution in [3.05, 3.63) is 53.2 Å². The van der Waals surface area contributed by atoms with Crippen LogP contribution in [0.15, 0.2) is 46.9 Å². The van der Waals surface area contributed by atoms with Gasteiger partial charge >= 0.3 is 0 Å². The normalized spacial score (nSPS) is 10.8. The Bertz CT molecular complexity index is 846. The molecule has 0 atom stereocenters. The van der Waals surface area contributed by atoms with E-state index in [1.54, 1.807) is 35.4 Å². The summed E-state index contributed by atoms with van der Waals surface area (Å²) < 4.78 is 14.8. The van der Waals surface area contributed by atoms with E-state index in [0.717, 1.165) is 16.3 Å². The monoisotopic (exact) mass is 376 g/mol. The van der Waals surface area contributed by atoms with Crippen molar-refractivity contribution in [2.24, 2.45) is 7.05 Å². The molecule has 0 radical (unpaired) electrons. The van der Waals surface area contributed by atoms with Crippen molar-refractivity contribution in [1.82, 2.24) is 19.7 Å². The second-order valence-electron chi connectivity index (χ2n) is 5.51. The average molecular weight is 376 g/mol. The maximum Gasteiger partial charge on any atom is 0.233 e. The number of thiophene rings is 1. The first-order valence-electron chi connectivity index (χ1n) is 7.59. The summed E-state index contributed by atoms with van der Waals surface area (Å²) in [5, 5.41) is 11.1. The zero-order valence-electron chi connectivity index (χ0n) is 13.8. The third-order valence-electron chi connectivity index (χ3n) is 3.66. The molecule has 0 bridgehead atoms. The summed E-state index contributed by atoms with van der Waals surface area (Å²) in [4.78, 5) is 15.0. The van der Waals surface area contributed by atoms with Gasteiger partial charge in [0.1, 0.15) is 5.82 Å². The summed E-state index contributed by atoms with van der Waals surface area (Å²) in [6, 6.07) is 10.1. The number of rotatable bonds is 6. The highest BCUT2D eigenvalue weighted by Crippen LogP contribution is 2.26. The summed E-state index contributed by atoms with van der Waals surface area (Å²) in [5.41, 5.74) is 0.890. The number of hydrogen-bond donors (Lipinski definition) is 0. The highest BCUT2D eigenvalue weighted by atomic mass is 32.2. The van der Waals surface area contributed by atoms with Gasteiger partial charge in [-0.2, -0.15) is 0 Å². The Labute approximate surface area is 153 Å². The van der Waals surface area contributed by atoms with Crippen molar-refractivity contribution < 1.29 is 9.18 Å². The Kier molecular flexibility index (Phi) is 5.50. The topological polar surface area (TPSA) is 51.0 Å². The molecule has 0 spiro atoms. The van der Waals surface area contributed by atoms with Crippen molar-refractivity contribution in [2.45, 2.75) is 11.7 Å². The van der Waals surface area contributed by atoms with Gasteiger partial charge in [0.2, 0.25) is 5.91 Å². The van der Waals surface area contributed by atoms with Gasteiger partial charge in [0.25, 0.3) is 0 Å². The lowest BCUT2D eigenvalue weighted by Crippen LogP contribution is -2.27. The number of amides is 1. The lowest BCUT2D eigenvalue weighted by atomic mass is 10.2. The van der Waals surface area contributed by atoms with Crippen LogP contribution in [0, 0.1) is 5.82 Å². The number of carbonyl (C=O) groups excluding carboxylic acids is 1. The molecule has 25 heavy (non-hydrogen) atoms. The molecule has 0 aliphatic carbocycles. The van der Waals surface area contributed by atoms with E-state index >= 15 is 0 Å². The Morgan fingerprint density at radius 3 is 2.72 bits per heavy atom. The quantitative estimate of drug-likeness (QED) is 0.619. The van der Waals surface area contributed by atoms with Crippen LogP contribution in [-0.2, 0) is 18.4 Å². The largest absolute Gasteiger partial charge is 0.341 e. The second kappa shape index (κ2) is 7.79. The van der Waals surface area contributed by atoms with Gasteiger partial charge in [0, 0.05) is 20.6 Å². The molecular weight excluding hydrogens is 359 g/mol. The third-order valence-corrected chi connectivity index (χ3v) is 5.53. The molecule has 0 aliphatic rings. The molecule has 1 aromatic carbocycles. The van der Waals surface area contributed by atoms with Crippen LogP contribution < -0.4 is 0 Å². The van der Waals surface area contributed by atoms with Crippen molar-refractivity contribution in [2.75, 3.05) is 12.8 Å². The van der Waals surface area contributed by atoms with E-state index in [1.165, 1.54) is 23.9 Å². The number of thioether (sulfide) groups is 1. The Morgan fingerprint density at radius 1 is 1.28 bits per heavy atom. The van der Waals surface area contributed by atoms with E-state index in [2.05, 4.69) is 10.2 Å². The van der Waals surface area contributed by atoms with E-state index < -0.39 is 0 Å². The molecular formula is C17H17FN4OS2. The van der Waals surface area contributed by atoms with E-state index in [-0.39, 0.29) is 17.5 Å². The van der Waals surface area contributed by atoms with Crippen LogP contribution >= 0.6 is 23.1 Å². The minimum Gasteiger partial charge on any atom is -0.341 e. The van der Waals surface area contributed by atoms with Crippen molar-refractivity contribution in [1.29, 1.82) is 0 Å². The number of nitrogens with zero attached hydrogens (tertiary/aromatic N) is 4. The molecule has 130 valence electrons. The summed E-state index contributed by atoms with van der Waals surface area (Å²) >= 11 is 2.96. The molecule has 2 heterocycles. The van der Waals surface area contributed by atoms with Crippen molar-refractivity contribution in [3.8, 4) is 10.7 Å². The maximum atomic E-state index is 12.9. The van der Waals surface area contributed by atoms with Gasteiger partial charge in [0.15, 0.2) is 11.0 Å². The van der Waals surface area contributed by atoms with Gasteiger partial charge in [-0.15, -0.1) is 21.5 Å². The van der Waals surface area contributed by atoms with Gasteiger partial charge in [-0.3, -0.25) is 4.79 Å². The van der Waals surface area contributed by atoms with E-state index in [0.29, 0.717) is 11.7 Å². The van der Waals surface area contributed by atoms with Crippen LogP contribution in [0.25, 0.3) is 10.7 Å². The minimum atomic E-state index is -0.280. The molecule has 1 amide bonds. The standard InChI is InChI=1S/C17H17FN4OS2/c1-21(10-12-5-7-13(18)8-6-12)15(23)11-25-17-20-19-16(22(17)2)14-4-3-9-24-14/h3-9H,10-11H2,1-2H3. The molecule has 2 aromatic heterocycles. The first-order chi connectivity index (χ1) is 12.0. The number of hydrogen-bond acceptors (Lipinski definition) is 5. The van der Waals surface area contributed by atoms with Gasteiger partial charge < -0.3 is 9.47 Å². The predicted octanol–water partition coefficient (Wildman–Crippen LogP) is 3.43. The SMILES string of the molecule is CN(Cc1ccc(F)cc1)C(=O)CSc1nnc(-c2cccs2)n1C. The second-order valence-corrected chi connectivity index (χ2v) is 7.40. The minimum absolute atomic E-state index is 0.0185. The molecule has 0 saturated carbocycles. The summed E-state index contributed by atoms with van der Waals surface area (Å²) in [6.45, 7) is 0.443. The molecule has 5 nitrogen and oxygen atoms in total. The molecule has 0 aliphatic heterocycles. The van der Waals surface area contributed by atoms with Crippen LogP contribution in [0.3, 0.4) is 0 Å². The lowest BCUT2D eigenvalue weighted by Gasteiger charge is -2.17. The van der Waals surface area contributed by atoms with Crippen LogP contribution in [0.5, 0.6) is 0 Å². The van der Waals surface area contributed by atoms with Gasteiger partial charge in [-0.1, -0.05) is 30.0 Å². The molecule has 8 heteroatoms. The first-order valence-corrected chi connectivity index (χ1v) is 9.45. The fraction of sp³-hybridized carbons (Fsp3) is 0.235. The highest BCUT2D eigenvalue weighted by molar-refractivity contribution is 7.99. The van der Waals surface area contributed by atoms with Gasteiger partial charge in [-0.05, 0) is 29.1 Å². The van der Waals surface area contributed by atoms with E-state index in [9.17, 15) is 9.18 Å². The van der Waals surface area contributed by atoms with Crippen molar-refractivity contribution >= 4 is 29.0 Å². The van der Waals surface area contributed by atoms with Gasteiger partial charge in [0.05, 0.1) is 10.6 Å². The average Bonchev–Trinajstić information content (AvgIpc) is 3.24. The van der Waals surface area contributed by atoms with Crippen LogP contribution in [0.2, 0.25) is 0 Å². The highest BCUT2D eigenvalue weighted by Gasteiger charge is 2.15. The predicted molar refractivity (Wildman–Crippen MR) is 97.9 cm³/mol. The zero-order valence-corrected chi connectivity index (χ0v) is 15.5. The third kappa shape index (κ3) is 4.26. The number of carbonyl (C=O) groups is 1. The summed E-state index contributed by atoms with van der Waals surface area (Å²) in [6.07, 6.45) is 0. The molecule has 3 aromatic rings. The summed E-state index contributed by atoms with van der Waals surface area (Å²) in [7, 11) is 3.63. The van der Waals surface area contributed by atoms with E-state index in [1.807, 2.05) is 29.1 Å².